The van der Waals surface area contributed by atoms with Crippen LogP contribution in [-0.4, -0.2) is 27.9 Å². The van der Waals surface area contributed by atoms with Crippen LogP contribution in [0.5, 0.6) is 5.88 Å². The van der Waals surface area contributed by atoms with Crippen LogP contribution in [0, 0.1) is 0 Å². The van der Waals surface area contributed by atoms with Crippen molar-refractivity contribution in [2.24, 2.45) is 0 Å². The van der Waals surface area contributed by atoms with Crippen LogP contribution >= 0.6 is 0 Å². The van der Waals surface area contributed by atoms with Crippen LogP contribution in [0.4, 0.5) is 0 Å². The van der Waals surface area contributed by atoms with E-state index in [1.54, 1.807) is 6.92 Å². The minimum Gasteiger partial charge on any atom is -0.494 e. The van der Waals surface area contributed by atoms with Gasteiger partial charge in [0.25, 0.3) is 5.56 Å². The number of H-pyrrole nitrogens is 1. The molecule has 2 N–H and O–H groups in total. The Labute approximate surface area is 105 Å². The van der Waals surface area contributed by atoms with Crippen molar-refractivity contribution in [3.8, 4) is 5.88 Å². The van der Waals surface area contributed by atoms with Gasteiger partial charge < -0.3 is 9.84 Å². The lowest BCUT2D eigenvalue weighted by molar-refractivity contribution is 0.143. The predicted octanol–water partition coefficient (Wildman–Crippen LogP) is 0.397. The number of aromatic nitrogens is 2. The number of hydrogen-bond acceptors (Lipinski definition) is 4. The second-order valence-electron chi connectivity index (χ2n) is 4.08. The summed E-state index contributed by atoms with van der Waals surface area (Å²) in [5.74, 6) is -0.287. The molecule has 0 aliphatic rings. The Balaban J connectivity index is 2.86. The molecule has 0 saturated heterocycles. The molecule has 18 heavy (non-hydrogen) atoms. The molecule has 0 fully saturated rings. The number of nitrogens with one attached hydrogen (secondary N) is 1. The first-order chi connectivity index (χ1) is 8.47. The van der Waals surface area contributed by atoms with Crippen LogP contribution in [0.15, 0.2) is 21.7 Å². The third kappa shape index (κ3) is 3.33. The molecule has 0 saturated carbocycles. The zero-order chi connectivity index (χ0) is 13.7. The molecule has 1 aromatic rings. The highest BCUT2D eigenvalue weighted by Crippen LogP contribution is 2.09. The van der Waals surface area contributed by atoms with Crippen LogP contribution in [0.2, 0.25) is 0 Å². The molecule has 0 amide bonds. The molecule has 0 aliphatic carbocycles. The fourth-order valence-corrected chi connectivity index (χ4v) is 1.53. The number of aromatic hydroxyl groups is 1. The molecule has 0 aliphatic heterocycles. The first-order valence-electron chi connectivity index (χ1n) is 5.74. The van der Waals surface area contributed by atoms with Crippen LogP contribution < -0.4 is 11.2 Å². The lowest BCUT2D eigenvalue weighted by atomic mass is 10.2. The van der Waals surface area contributed by atoms with Gasteiger partial charge in [-0.1, -0.05) is 19.1 Å². The van der Waals surface area contributed by atoms with Crippen LogP contribution in [-0.2, 0) is 17.7 Å². The molecule has 0 atom stereocenters. The molecule has 0 unspecified atom stereocenters. The van der Waals surface area contributed by atoms with Gasteiger partial charge in [0.15, 0.2) is 0 Å². The first kappa shape index (κ1) is 14.2. The van der Waals surface area contributed by atoms with Gasteiger partial charge in [0.05, 0.1) is 25.3 Å². The monoisotopic (exact) mass is 254 g/mol. The van der Waals surface area contributed by atoms with Gasteiger partial charge >= 0.3 is 5.69 Å². The fourth-order valence-electron chi connectivity index (χ4n) is 1.53. The van der Waals surface area contributed by atoms with Crippen LogP contribution in [0.1, 0.15) is 19.4 Å². The van der Waals surface area contributed by atoms with E-state index in [9.17, 15) is 14.7 Å². The van der Waals surface area contributed by atoms with Gasteiger partial charge in [-0.2, -0.15) is 0 Å². The van der Waals surface area contributed by atoms with Gasteiger partial charge in [-0.3, -0.25) is 14.3 Å². The Morgan fingerprint density at radius 3 is 2.72 bits per heavy atom. The van der Waals surface area contributed by atoms with E-state index in [0.717, 1.165) is 10.1 Å². The Bertz CT molecular complexity index is 542. The first-order valence-corrected chi connectivity index (χ1v) is 5.74. The predicted molar refractivity (Wildman–Crippen MR) is 68.0 cm³/mol. The van der Waals surface area contributed by atoms with Crippen molar-refractivity contribution in [2.75, 3.05) is 13.2 Å². The van der Waals surface area contributed by atoms with Crippen molar-refractivity contribution in [3.05, 3.63) is 38.6 Å². The average molecular weight is 254 g/mol. The van der Waals surface area contributed by atoms with E-state index in [-0.39, 0.29) is 24.6 Å². The van der Waals surface area contributed by atoms with Crippen molar-refractivity contribution < 1.29 is 9.84 Å². The standard InChI is InChI=1S/C12H18N2O4/c1-4-9-10(15)13-12(17)14(11(9)16)5-6-18-7-8(2)3/h16H,2,4-7H2,1,3H3,(H,13,15,17). The second-order valence-corrected chi connectivity index (χ2v) is 4.08. The molecule has 0 bridgehead atoms. The summed E-state index contributed by atoms with van der Waals surface area (Å²) in [6.07, 6.45) is 0.355. The van der Waals surface area contributed by atoms with Gasteiger partial charge in [0.2, 0.25) is 5.88 Å². The number of ether oxygens (including phenoxy) is 1. The van der Waals surface area contributed by atoms with Gasteiger partial charge in [-0.25, -0.2) is 4.79 Å². The molecule has 0 radical (unpaired) electrons. The molecule has 0 spiro atoms. The average Bonchev–Trinajstić information content (AvgIpc) is 2.27. The summed E-state index contributed by atoms with van der Waals surface area (Å²) in [7, 11) is 0. The number of nitrogens with zero attached hydrogens (tertiary/aromatic N) is 1. The minimum absolute atomic E-state index is 0.182. The summed E-state index contributed by atoms with van der Waals surface area (Å²) in [6, 6.07) is 0. The largest absolute Gasteiger partial charge is 0.494 e. The van der Waals surface area contributed by atoms with Gasteiger partial charge in [0, 0.05) is 0 Å². The molecule has 100 valence electrons. The zero-order valence-corrected chi connectivity index (χ0v) is 10.7. The van der Waals surface area contributed by atoms with E-state index in [1.165, 1.54) is 0 Å². The Morgan fingerprint density at radius 1 is 1.50 bits per heavy atom. The maximum Gasteiger partial charge on any atom is 0.331 e. The smallest absolute Gasteiger partial charge is 0.331 e. The summed E-state index contributed by atoms with van der Waals surface area (Å²) >= 11 is 0. The van der Waals surface area contributed by atoms with E-state index in [1.807, 2.05) is 6.92 Å². The lowest BCUT2D eigenvalue weighted by Gasteiger charge is -2.10. The van der Waals surface area contributed by atoms with E-state index in [0.29, 0.717) is 13.0 Å². The molecule has 1 rings (SSSR count). The molecular weight excluding hydrogens is 236 g/mol. The quantitative estimate of drug-likeness (QED) is 0.568. The third-order valence-corrected chi connectivity index (χ3v) is 2.43. The highest BCUT2D eigenvalue weighted by Gasteiger charge is 2.11. The maximum absolute atomic E-state index is 11.5. The lowest BCUT2D eigenvalue weighted by Crippen LogP contribution is -2.33. The summed E-state index contributed by atoms with van der Waals surface area (Å²) < 4.78 is 6.35. The highest BCUT2D eigenvalue weighted by atomic mass is 16.5. The van der Waals surface area contributed by atoms with E-state index in [4.69, 9.17) is 4.74 Å². The molecular formula is C12H18N2O4. The molecule has 6 nitrogen and oxygen atoms in total. The second kappa shape index (κ2) is 6.20. The van der Waals surface area contributed by atoms with Crippen molar-refractivity contribution in [2.45, 2.75) is 26.8 Å². The van der Waals surface area contributed by atoms with E-state index < -0.39 is 11.2 Å². The number of rotatable bonds is 6. The fraction of sp³-hybridized carbons (Fsp3) is 0.500. The van der Waals surface area contributed by atoms with Crippen LogP contribution in [0.25, 0.3) is 0 Å². The van der Waals surface area contributed by atoms with Crippen molar-refractivity contribution in [3.63, 3.8) is 0 Å². The normalized spacial score (nSPS) is 10.6. The Hall–Kier alpha value is -1.82. The Morgan fingerprint density at radius 2 is 2.17 bits per heavy atom. The highest BCUT2D eigenvalue weighted by molar-refractivity contribution is 5.22. The topological polar surface area (TPSA) is 84.3 Å². The minimum atomic E-state index is -0.631. The van der Waals surface area contributed by atoms with Gasteiger partial charge in [0.1, 0.15) is 0 Å². The Kier molecular flexibility index (Phi) is 4.91. The third-order valence-electron chi connectivity index (χ3n) is 2.43. The van der Waals surface area contributed by atoms with E-state index >= 15 is 0 Å². The van der Waals surface area contributed by atoms with Gasteiger partial charge in [-0.05, 0) is 13.3 Å². The molecule has 0 aromatic carbocycles. The zero-order valence-electron chi connectivity index (χ0n) is 10.7. The number of hydrogen-bond donors (Lipinski definition) is 2. The summed E-state index contributed by atoms with van der Waals surface area (Å²) in [6.45, 7) is 8.09. The molecule has 1 aromatic heterocycles. The van der Waals surface area contributed by atoms with Crippen molar-refractivity contribution in [1.29, 1.82) is 0 Å². The summed E-state index contributed by atoms with van der Waals surface area (Å²) in [4.78, 5) is 25.1. The van der Waals surface area contributed by atoms with E-state index in [2.05, 4.69) is 11.6 Å². The van der Waals surface area contributed by atoms with Gasteiger partial charge in [-0.15, -0.1) is 0 Å². The van der Waals surface area contributed by atoms with Crippen LogP contribution in [0.3, 0.4) is 0 Å². The molecule has 6 heteroatoms. The maximum atomic E-state index is 11.5. The van der Waals surface area contributed by atoms with Crippen molar-refractivity contribution in [1.82, 2.24) is 9.55 Å². The summed E-state index contributed by atoms with van der Waals surface area (Å²) in [5.41, 5.74) is -0.0930. The summed E-state index contributed by atoms with van der Waals surface area (Å²) in [5, 5.41) is 9.83. The SMILES string of the molecule is C=C(C)COCCn1c(O)c(CC)c(=O)[nH]c1=O. The molecule has 1 heterocycles. The number of aromatic amines is 1. The van der Waals surface area contributed by atoms with Crippen molar-refractivity contribution >= 4 is 0 Å².